The minimum Gasteiger partial charge on any atom is -0.497 e. The van der Waals surface area contributed by atoms with Crippen LogP contribution in [0.15, 0.2) is 34.9 Å². The number of aliphatic hydroxyl groups is 1. The van der Waals surface area contributed by atoms with Crippen LogP contribution in [0.5, 0.6) is 11.5 Å². The Labute approximate surface area is 106 Å². The third kappa shape index (κ3) is 2.33. The summed E-state index contributed by atoms with van der Waals surface area (Å²) in [6.45, 7) is 1.83. The van der Waals surface area contributed by atoms with E-state index in [9.17, 15) is 5.11 Å². The van der Waals surface area contributed by atoms with Gasteiger partial charge < -0.3 is 19.0 Å². The molecule has 1 heterocycles. The van der Waals surface area contributed by atoms with Crippen molar-refractivity contribution in [1.82, 2.24) is 0 Å². The Bertz CT molecular complexity index is 530. The molecular formula is C14H16O4. The van der Waals surface area contributed by atoms with E-state index in [4.69, 9.17) is 13.9 Å². The summed E-state index contributed by atoms with van der Waals surface area (Å²) >= 11 is 0. The van der Waals surface area contributed by atoms with E-state index in [0.717, 1.165) is 5.76 Å². The van der Waals surface area contributed by atoms with Crippen molar-refractivity contribution in [3.63, 3.8) is 0 Å². The zero-order valence-corrected chi connectivity index (χ0v) is 10.6. The quantitative estimate of drug-likeness (QED) is 0.903. The lowest BCUT2D eigenvalue weighted by Gasteiger charge is -2.14. The van der Waals surface area contributed by atoms with Gasteiger partial charge in [-0.1, -0.05) is 0 Å². The average molecular weight is 248 g/mol. The molecule has 0 bridgehead atoms. The SMILES string of the molecule is COc1ccc(OC)c(C(O)c2coc(C)c2)c1. The minimum absolute atomic E-state index is 0.613. The summed E-state index contributed by atoms with van der Waals surface area (Å²) in [4.78, 5) is 0. The van der Waals surface area contributed by atoms with Crippen molar-refractivity contribution in [1.29, 1.82) is 0 Å². The molecule has 0 aliphatic carbocycles. The second-order valence-corrected chi connectivity index (χ2v) is 4.00. The maximum atomic E-state index is 10.3. The second-order valence-electron chi connectivity index (χ2n) is 4.00. The van der Waals surface area contributed by atoms with Crippen molar-refractivity contribution in [2.24, 2.45) is 0 Å². The predicted octanol–water partition coefficient (Wildman–Crippen LogP) is 2.69. The molecule has 1 aromatic heterocycles. The first-order chi connectivity index (χ1) is 8.65. The fraction of sp³-hybridized carbons (Fsp3) is 0.286. The first kappa shape index (κ1) is 12.5. The van der Waals surface area contributed by atoms with Gasteiger partial charge in [0.25, 0.3) is 0 Å². The van der Waals surface area contributed by atoms with E-state index in [2.05, 4.69) is 0 Å². The van der Waals surface area contributed by atoms with E-state index in [1.165, 1.54) is 0 Å². The van der Waals surface area contributed by atoms with Crippen molar-refractivity contribution in [2.75, 3.05) is 14.2 Å². The Morgan fingerprint density at radius 1 is 1.17 bits per heavy atom. The number of hydrogen-bond acceptors (Lipinski definition) is 4. The van der Waals surface area contributed by atoms with Crippen LogP contribution < -0.4 is 9.47 Å². The molecule has 96 valence electrons. The highest BCUT2D eigenvalue weighted by atomic mass is 16.5. The molecule has 0 radical (unpaired) electrons. The highest BCUT2D eigenvalue weighted by Crippen LogP contribution is 2.33. The average Bonchev–Trinajstić information content (AvgIpc) is 2.83. The van der Waals surface area contributed by atoms with Crippen LogP contribution in [0, 0.1) is 6.92 Å². The van der Waals surface area contributed by atoms with Gasteiger partial charge in [0.05, 0.1) is 20.5 Å². The predicted molar refractivity (Wildman–Crippen MR) is 67.1 cm³/mol. The zero-order chi connectivity index (χ0) is 13.1. The summed E-state index contributed by atoms with van der Waals surface area (Å²) in [7, 11) is 3.15. The molecule has 1 unspecified atom stereocenters. The van der Waals surface area contributed by atoms with Crippen LogP contribution in [0.4, 0.5) is 0 Å². The zero-order valence-electron chi connectivity index (χ0n) is 10.6. The van der Waals surface area contributed by atoms with Gasteiger partial charge in [-0.3, -0.25) is 0 Å². The summed E-state index contributed by atoms with van der Waals surface area (Å²) in [5, 5.41) is 10.3. The maximum Gasteiger partial charge on any atom is 0.125 e. The molecule has 0 fully saturated rings. The molecule has 1 N–H and O–H groups in total. The Kier molecular flexibility index (Phi) is 3.58. The van der Waals surface area contributed by atoms with Gasteiger partial charge in [0.15, 0.2) is 0 Å². The van der Waals surface area contributed by atoms with E-state index >= 15 is 0 Å². The number of furan rings is 1. The Morgan fingerprint density at radius 2 is 1.94 bits per heavy atom. The van der Waals surface area contributed by atoms with Gasteiger partial charge in [-0.05, 0) is 31.2 Å². The van der Waals surface area contributed by atoms with Crippen LogP contribution in [0.1, 0.15) is 23.0 Å². The fourth-order valence-electron chi connectivity index (χ4n) is 1.84. The van der Waals surface area contributed by atoms with Crippen LogP contribution in [0.25, 0.3) is 0 Å². The first-order valence-electron chi connectivity index (χ1n) is 5.60. The molecule has 0 saturated carbocycles. The minimum atomic E-state index is -0.799. The summed E-state index contributed by atoms with van der Waals surface area (Å²) in [5.74, 6) is 2.04. The van der Waals surface area contributed by atoms with E-state index in [-0.39, 0.29) is 0 Å². The number of ether oxygens (including phenoxy) is 2. The molecule has 2 rings (SSSR count). The number of hydrogen-bond donors (Lipinski definition) is 1. The van der Waals surface area contributed by atoms with Gasteiger partial charge >= 0.3 is 0 Å². The number of benzene rings is 1. The van der Waals surface area contributed by atoms with Crippen molar-refractivity contribution >= 4 is 0 Å². The normalized spacial score (nSPS) is 12.2. The van der Waals surface area contributed by atoms with Crippen LogP contribution in [0.2, 0.25) is 0 Å². The van der Waals surface area contributed by atoms with Crippen molar-refractivity contribution in [2.45, 2.75) is 13.0 Å². The summed E-state index contributed by atoms with van der Waals surface area (Å²) < 4.78 is 15.6. The largest absolute Gasteiger partial charge is 0.497 e. The van der Waals surface area contributed by atoms with Gasteiger partial charge in [-0.25, -0.2) is 0 Å². The molecule has 0 aliphatic rings. The molecular weight excluding hydrogens is 232 g/mol. The smallest absolute Gasteiger partial charge is 0.125 e. The number of methoxy groups -OCH3 is 2. The Balaban J connectivity index is 2.41. The molecule has 18 heavy (non-hydrogen) atoms. The number of rotatable bonds is 4. The standard InChI is InChI=1S/C14H16O4/c1-9-6-10(8-18-9)14(15)12-7-11(16-2)4-5-13(12)17-3/h4-8,14-15H,1-3H3. The van der Waals surface area contributed by atoms with E-state index in [1.54, 1.807) is 44.7 Å². The molecule has 4 nitrogen and oxygen atoms in total. The topological polar surface area (TPSA) is 51.8 Å². The lowest BCUT2D eigenvalue weighted by molar-refractivity contribution is 0.213. The monoisotopic (exact) mass is 248 g/mol. The van der Waals surface area contributed by atoms with Crippen molar-refractivity contribution in [3.8, 4) is 11.5 Å². The van der Waals surface area contributed by atoms with E-state index in [1.807, 2.05) is 6.92 Å². The molecule has 1 atom stereocenters. The third-order valence-corrected chi connectivity index (χ3v) is 2.80. The number of aliphatic hydroxyl groups excluding tert-OH is 1. The Morgan fingerprint density at radius 3 is 2.50 bits per heavy atom. The molecule has 1 aromatic carbocycles. The fourth-order valence-corrected chi connectivity index (χ4v) is 1.84. The first-order valence-corrected chi connectivity index (χ1v) is 5.60. The van der Waals surface area contributed by atoms with Gasteiger partial charge in [-0.2, -0.15) is 0 Å². The van der Waals surface area contributed by atoms with Gasteiger partial charge in [-0.15, -0.1) is 0 Å². The van der Waals surface area contributed by atoms with Gasteiger partial charge in [0.2, 0.25) is 0 Å². The second kappa shape index (κ2) is 5.14. The van der Waals surface area contributed by atoms with Gasteiger partial charge in [0, 0.05) is 11.1 Å². The summed E-state index contributed by atoms with van der Waals surface area (Å²) in [5.41, 5.74) is 1.34. The van der Waals surface area contributed by atoms with Crippen molar-refractivity contribution < 1.29 is 19.0 Å². The highest BCUT2D eigenvalue weighted by Gasteiger charge is 2.18. The van der Waals surface area contributed by atoms with Crippen LogP contribution in [0.3, 0.4) is 0 Å². The lowest BCUT2D eigenvalue weighted by atomic mass is 10.0. The van der Waals surface area contributed by atoms with Crippen LogP contribution >= 0.6 is 0 Å². The highest BCUT2D eigenvalue weighted by molar-refractivity contribution is 5.44. The molecule has 0 spiro atoms. The lowest BCUT2D eigenvalue weighted by Crippen LogP contribution is -2.02. The molecule has 0 aliphatic heterocycles. The van der Waals surface area contributed by atoms with Crippen molar-refractivity contribution in [3.05, 3.63) is 47.4 Å². The maximum absolute atomic E-state index is 10.3. The summed E-state index contributed by atoms with van der Waals surface area (Å²) in [6, 6.07) is 7.11. The molecule has 2 aromatic rings. The van der Waals surface area contributed by atoms with Gasteiger partial charge in [0.1, 0.15) is 23.4 Å². The van der Waals surface area contributed by atoms with E-state index in [0.29, 0.717) is 22.6 Å². The Hall–Kier alpha value is -1.94. The summed E-state index contributed by atoms with van der Waals surface area (Å²) in [6.07, 6.45) is 0.742. The van der Waals surface area contributed by atoms with E-state index < -0.39 is 6.10 Å². The van der Waals surface area contributed by atoms with Crippen LogP contribution in [-0.2, 0) is 0 Å². The molecule has 0 saturated heterocycles. The molecule has 4 heteroatoms. The van der Waals surface area contributed by atoms with Crippen LogP contribution in [-0.4, -0.2) is 19.3 Å². The number of aryl methyl sites for hydroxylation is 1. The molecule has 0 amide bonds. The third-order valence-electron chi connectivity index (χ3n) is 2.80.